The molecular weight excluding hydrogens is 382 g/mol. The number of aromatic hydroxyl groups is 1. The van der Waals surface area contributed by atoms with Gasteiger partial charge in [0.1, 0.15) is 11.8 Å². The van der Waals surface area contributed by atoms with Crippen molar-refractivity contribution in [2.75, 3.05) is 6.54 Å². The zero-order valence-electron chi connectivity index (χ0n) is 15.0. The number of rotatable bonds is 7. The second kappa shape index (κ2) is 8.75. The number of hydrogen-bond donors (Lipinski definition) is 3. The van der Waals surface area contributed by atoms with Crippen LogP contribution in [-0.4, -0.2) is 40.4 Å². The zero-order chi connectivity index (χ0) is 20.1. The van der Waals surface area contributed by atoms with Crippen LogP contribution < -0.4 is 10.6 Å². The van der Waals surface area contributed by atoms with Crippen LogP contribution in [0, 0.1) is 0 Å². The van der Waals surface area contributed by atoms with E-state index in [9.17, 15) is 19.5 Å². The van der Waals surface area contributed by atoms with Crippen molar-refractivity contribution >= 4 is 29.4 Å². The predicted octanol–water partition coefficient (Wildman–Crippen LogP) is 2.21. The summed E-state index contributed by atoms with van der Waals surface area (Å²) in [5.74, 6) is -0.550. The van der Waals surface area contributed by atoms with Gasteiger partial charge >= 0.3 is 6.03 Å². The lowest BCUT2D eigenvalue weighted by Crippen LogP contribution is -2.37. The number of nitrogens with zero attached hydrogens (tertiary/aromatic N) is 1. The Morgan fingerprint density at radius 2 is 1.71 bits per heavy atom. The van der Waals surface area contributed by atoms with Crippen molar-refractivity contribution in [3.8, 4) is 5.75 Å². The number of phenols is 1. The molecule has 0 spiro atoms. The largest absolute Gasteiger partial charge is 0.508 e. The Balaban J connectivity index is 1.48. The first-order chi connectivity index (χ1) is 13.4. The van der Waals surface area contributed by atoms with Crippen molar-refractivity contribution in [2.24, 2.45) is 0 Å². The summed E-state index contributed by atoms with van der Waals surface area (Å²) in [6, 6.07) is 12.2. The first-order valence-electron chi connectivity index (χ1n) is 8.83. The number of carbonyl (C=O) groups excluding carboxylic acids is 3. The smallest absolute Gasteiger partial charge is 0.325 e. The highest BCUT2D eigenvalue weighted by Crippen LogP contribution is 2.16. The average Bonchev–Trinajstić information content (AvgIpc) is 2.92. The fourth-order valence-corrected chi connectivity index (χ4v) is 3.03. The lowest BCUT2D eigenvalue weighted by Gasteiger charge is -2.13. The van der Waals surface area contributed by atoms with Gasteiger partial charge in [-0.3, -0.25) is 14.5 Å². The van der Waals surface area contributed by atoms with Crippen LogP contribution in [0.15, 0.2) is 48.5 Å². The van der Waals surface area contributed by atoms with Gasteiger partial charge in [0.2, 0.25) is 5.91 Å². The first-order valence-corrected chi connectivity index (χ1v) is 9.21. The lowest BCUT2D eigenvalue weighted by molar-refractivity contribution is -0.131. The summed E-state index contributed by atoms with van der Waals surface area (Å²) in [6.45, 7) is 0.522. The normalized spacial score (nSPS) is 16.2. The van der Waals surface area contributed by atoms with E-state index >= 15 is 0 Å². The van der Waals surface area contributed by atoms with E-state index < -0.39 is 18.0 Å². The summed E-state index contributed by atoms with van der Waals surface area (Å²) in [7, 11) is 0. The summed E-state index contributed by atoms with van der Waals surface area (Å²) in [5.41, 5.74) is 1.74. The Bertz CT molecular complexity index is 868. The quantitative estimate of drug-likeness (QED) is 0.619. The molecule has 0 bridgehead atoms. The second-order valence-electron chi connectivity index (χ2n) is 6.52. The summed E-state index contributed by atoms with van der Waals surface area (Å²) in [5, 5.41) is 15.1. The van der Waals surface area contributed by atoms with Crippen LogP contribution >= 0.6 is 11.6 Å². The first kappa shape index (κ1) is 19.7. The maximum absolute atomic E-state index is 12.5. The van der Waals surface area contributed by atoms with E-state index in [-0.39, 0.29) is 24.6 Å². The molecule has 1 heterocycles. The molecule has 1 saturated heterocycles. The molecule has 3 rings (SSSR count). The van der Waals surface area contributed by atoms with Crippen molar-refractivity contribution in [1.82, 2.24) is 15.5 Å². The molecule has 8 heteroatoms. The van der Waals surface area contributed by atoms with E-state index in [1.807, 2.05) is 0 Å². The van der Waals surface area contributed by atoms with Gasteiger partial charge in [-0.15, -0.1) is 0 Å². The molecule has 4 amide bonds. The molecule has 1 aliphatic rings. The number of phenolic OH excluding ortho intramolecular Hbond substituents is 1. The summed E-state index contributed by atoms with van der Waals surface area (Å²) in [4.78, 5) is 37.8. The second-order valence-corrected chi connectivity index (χ2v) is 6.96. The molecule has 3 N–H and O–H groups in total. The molecule has 0 saturated carbocycles. The third-order valence-corrected chi connectivity index (χ3v) is 4.67. The van der Waals surface area contributed by atoms with Gasteiger partial charge in [0.05, 0.1) is 13.0 Å². The van der Waals surface area contributed by atoms with E-state index in [4.69, 9.17) is 11.6 Å². The molecule has 7 nitrogen and oxygen atoms in total. The number of benzene rings is 2. The molecule has 28 heavy (non-hydrogen) atoms. The minimum absolute atomic E-state index is 0.114. The van der Waals surface area contributed by atoms with Crippen LogP contribution in [0.1, 0.15) is 17.5 Å². The van der Waals surface area contributed by atoms with Gasteiger partial charge in [-0.1, -0.05) is 35.9 Å². The monoisotopic (exact) mass is 401 g/mol. The number of nitrogens with one attached hydrogen (secondary N) is 2. The Morgan fingerprint density at radius 3 is 2.39 bits per heavy atom. The molecule has 1 aliphatic heterocycles. The summed E-state index contributed by atoms with van der Waals surface area (Å²) in [6.07, 6.45) is 0.483. The van der Waals surface area contributed by atoms with Crippen LogP contribution in [0.25, 0.3) is 0 Å². The fraction of sp³-hybridized carbons (Fsp3) is 0.250. The molecule has 0 aromatic heterocycles. The third-order valence-electron chi connectivity index (χ3n) is 4.42. The number of hydrogen-bond acceptors (Lipinski definition) is 4. The molecule has 0 radical (unpaired) electrons. The zero-order valence-corrected chi connectivity index (χ0v) is 15.8. The Hall–Kier alpha value is -3.06. The topological polar surface area (TPSA) is 98.7 Å². The molecule has 146 valence electrons. The van der Waals surface area contributed by atoms with Gasteiger partial charge < -0.3 is 15.7 Å². The fourth-order valence-electron chi connectivity index (χ4n) is 2.90. The highest BCUT2D eigenvalue weighted by molar-refractivity contribution is 6.30. The van der Waals surface area contributed by atoms with Crippen LogP contribution in [0.4, 0.5) is 4.79 Å². The molecule has 2 aromatic carbocycles. The van der Waals surface area contributed by atoms with Gasteiger partial charge in [0.25, 0.3) is 5.91 Å². The Morgan fingerprint density at radius 1 is 1.07 bits per heavy atom. The third kappa shape index (κ3) is 5.01. The number of carbonyl (C=O) groups is 3. The van der Waals surface area contributed by atoms with Crippen LogP contribution in [0.2, 0.25) is 5.02 Å². The number of imide groups is 1. The van der Waals surface area contributed by atoms with Gasteiger partial charge in [-0.05, 0) is 41.8 Å². The highest BCUT2D eigenvalue weighted by atomic mass is 35.5. The van der Waals surface area contributed by atoms with Crippen molar-refractivity contribution < 1.29 is 19.5 Å². The van der Waals surface area contributed by atoms with Crippen LogP contribution in [0.5, 0.6) is 5.75 Å². The van der Waals surface area contributed by atoms with Gasteiger partial charge in [-0.2, -0.15) is 0 Å². The van der Waals surface area contributed by atoms with E-state index in [1.165, 1.54) is 0 Å². The van der Waals surface area contributed by atoms with Gasteiger partial charge in [0, 0.05) is 11.6 Å². The average molecular weight is 402 g/mol. The van der Waals surface area contributed by atoms with E-state index in [1.54, 1.807) is 48.5 Å². The molecule has 0 aliphatic carbocycles. The Labute approximate surface area is 167 Å². The Kier molecular flexibility index (Phi) is 6.16. The lowest BCUT2D eigenvalue weighted by atomic mass is 10.1. The van der Waals surface area contributed by atoms with Crippen molar-refractivity contribution in [1.29, 1.82) is 0 Å². The number of halogens is 1. The highest BCUT2D eigenvalue weighted by Gasteiger charge is 2.38. The standard InChI is InChI=1S/C20H20ClN3O4/c21-15-5-1-14(2-6-15)12-24-19(27)17(23-20(24)28)11-18(26)22-10-9-13-3-7-16(25)8-4-13/h1-8,17,25H,9-12H2,(H,22,26)(H,23,28)/t17-/m0/s1. The maximum atomic E-state index is 12.5. The van der Waals surface area contributed by atoms with Gasteiger partial charge in [-0.25, -0.2) is 4.79 Å². The van der Waals surface area contributed by atoms with Crippen LogP contribution in [0.3, 0.4) is 0 Å². The van der Waals surface area contributed by atoms with Crippen molar-refractivity contribution in [3.05, 3.63) is 64.7 Å². The minimum atomic E-state index is -0.867. The van der Waals surface area contributed by atoms with Gasteiger partial charge in [0.15, 0.2) is 0 Å². The van der Waals surface area contributed by atoms with Crippen LogP contribution in [-0.2, 0) is 22.6 Å². The molecule has 0 unspecified atom stereocenters. The maximum Gasteiger partial charge on any atom is 0.325 e. The number of urea groups is 1. The van der Waals surface area contributed by atoms with Crippen molar-refractivity contribution in [2.45, 2.75) is 25.4 Å². The summed E-state index contributed by atoms with van der Waals surface area (Å²) >= 11 is 5.84. The van der Waals surface area contributed by atoms with E-state index in [0.29, 0.717) is 18.0 Å². The minimum Gasteiger partial charge on any atom is -0.508 e. The van der Waals surface area contributed by atoms with Crippen molar-refractivity contribution in [3.63, 3.8) is 0 Å². The predicted molar refractivity (Wildman–Crippen MR) is 104 cm³/mol. The SMILES string of the molecule is O=C(C[C@@H]1NC(=O)N(Cc2ccc(Cl)cc2)C1=O)NCCc1ccc(O)cc1. The van der Waals surface area contributed by atoms with E-state index in [0.717, 1.165) is 16.0 Å². The molecule has 1 atom stereocenters. The number of amides is 4. The van der Waals surface area contributed by atoms with E-state index in [2.05, 4.69) is 10.6 Å². The molecular formula is C20H20ClN3O4. The molecule has 1 fully saturated rings. The summed E-state index contributed by atoms with van der Waals surface area (Å²) < 4.78 is 0. The molecule has 2 aromatic rings.